The molecule has 1 N–H and O–H groups in total. The van der Waals surface area contributed by atoms with Crippen LogP contribution in [0.15, 0.2) is 0 Å². The second kappa shape index (κ2) is 4.22. The predicted octanol–water partition coefficient (Wildman–Crippen LogP) is 1.49. The molecule has 3 rings (SSSR count). The van der Waals surface area contributed by atoms with Gasteiger partial charge in [0.1, 0.15) is 0 Å². The summed E-state index contributed by atoms with van der Waals surface area (Å²) in [5, 5.41) is 3.29. The van der Waals surface area contributed by atoms with Gasteiger partial charge in [0.05, 0.1) is 13.2 Å². The SMILES string of the molecule is CNCCC1(C)CCC(N2CC3(COC3)C2)C1. The third kappa shape index (κ3) is 2.13. The van der Waals surface area contributed by atoms with Gasteiger partial charge in [-0.1, -0.05) is 6.92 Å². The average Bonchev–Trinajstić information content (AvgIpc) is 2.55. The zero-order valence-electron chi connectivity index (χ0n) is 11.3. The van der Waals surface area contributed by atoms with Crippen molar-refractivity contribution in [3.8, 4) is 0 Å². The van der Waals surface area contributed by atoms with Crippen molar-refractivity contribution in [3.05, 3.63) is 0 Å². The third-order valence-electron chi connectivity index (χ3n) is 5.20. The Kier molecular flexibility index (Phi) is 2.96. The molecule has 0 aromatic carbocycles. The van der Waals surface area contributed by atoms with Crippen LogP contribution in [0, 0.1) is 10.8 Å². The first-order valence-corrected chi connectivity index (χ1v) is 7.11. The Morgan fingerprint density at radius 2 is 2.12 bits per heavy atom. The first-order chi connectivity index (χ1) is 8.15. The molecule has 2 unspecified atom stereocenters. The van der Waals surface area contributed by atoms with Crippen LogP contribution in [0.5, 0.6) is 0 Å². The van der Waals surface area contributed by atoms with Gasteiger partial charge >= 0.3 is 0 Å². The van der Waals surface area contributed by atoms with Crippen LogP contribution in [-0.2, 0) is 4.74 Å². The maximum atomic E-state index is 5.35. The minimum Gasteiger partial charge on any atom is -0.380 e. The van der Waals surface area contributed by atoms with E-state index in [-0.39, 0.29) is 0 Å². The van der Waals surface area contributed by atoms with Crippen molar-refractivity contribution in [2.24, 2.45) is 10.8 Å². The van der Waals surface area contributed by atoms with Gasteiger partial charge in [0.25, 0.3) is 0 Å². The van der Waals surface area contributed by atoms with E-state index in [1.165, 1.54) is 45.3 Å². The summed E-state index contributed by atoms with van der Waals surface area (Å²) in [6.45, 7) is 8.30. The van der Waals surface area contributed by atoms with Crippen LogP contribution in [0.25, 0.3) is 0 Å². The number of hydrogen-bond donors (Lipinski definition) is 1. The highest BCUT2D eigenvalue weighted by molar-refractivity contribution is 5.04. The highest BCUT2D eigenvalue weighted by Crippen LogP contribution is 2.47. The molecule has 2 heterocycles. The largest absolute Gasteiger partial charge is 0.380 e. The molecule has 2 aliphatic heterocycles. The summed E-state index contributed by atoms with van der Waals surface area (Å²) in [6.07, 6.45) is 5.57. The van der Waals surface area contributed by atoms with E-state index in [1.54, 1.807) is 0 Å². The van der Waals surface area contributed by atoms with E-state index >= 15 is 0 Å². The number of rotatable bonds is 4. The van der Waals surface area contributed by atoms with E-state index in [0.29, 0.717) is 10.8 Å². The Morgan fingerprint density at radius 3 is 2.71 bits per heavy atom. The summed E-state index contributed by atoms with van der Waals surface area (Å²) in [7, 11) is 2.06. The molecule has 98 valence electrons. The maximum absolute atomic E-state index is 5.35. The summed E-state index contributed by atoms with van der Waals surface area (Å²) in [5.41, 5.74) is 1.18. The molecular weight excluding hydrogens is 212 g/mol. The lowest BCUT2D eigenvalue weighted by Gasteiger charge is -2.57. The molecule has 1 saturated carbocycles. The number of nitrogens with zero attached hydrogens (tertiary/aromatic N) is 1. The molecule has 3 heteroatoms. The summed E-state index contributed by atoms with van der Waals surface area (Å²) >= 11 is 0. The first kappa shape index (κ1) is 11.9. The molecule has 0 bridgehead atoms. The van der Waals surface area contributed by atoms with Crippen molar-refractivity contribution in [1.29, 1.82) is 0 Å². The number of nitrogens with one attached hydrogen (secondary N) is 1. The predicted molar refractivity (Wildman–Crippen MR) is 69.1 cm³/mol. The fraction of sp³-hybridized carbons (Fsp3) is 1.00. The lowest BCUT2D eigenvalue weighted by Crippen LogP contribution is -2.67. The minimum atomic E-state index is 0.587. The molecule has 1 spiro atoms. The summed E-state index contributed by atoms with van der Waals surface area (Å²) < 4.78 is 5.35. The molecule has 2 atom stereocenters. The van der Waals surface area contributed by atoms with Gasteiger partial charge in [-0.3, -0.25) is 4.90 Å². The van der Waals surface area contributed by atoms with E-state index in [4.69, 9.17) is 4.74 Å². The average molecular weight is 238 g/mol. The van der Waals surface area contributed by atoms with E-state index in [1.807, 2.05) is 0 Å². The van der Waals surface area contributed by atoms with Gasteiger partial charge < -0.3 is 10.1 Å². The van der Waals surface area contributed by atoms with Crippen LogP contribution in [0.2, 0.25) is 0 Å². The van der Waals surface area contributed by atoms with Crippen molar-refractivity contribution in [2.45, 2.75) is 38.6 Å². The van der Waals surface area contributed by atoms with E-state index in [0.717, 1.165) is 19.3 Å². The Morgan fingerprint density at radius 1 is 1.35 bits per heavy atom. The molecule has 0 radical (unpaired) electrons. The standard InChI is InChI=1S/C14H26N2O/c1-13(5-6-15-2)4-3-12(7-13)16-8-14(9-16)10-17-11-14/h12,15H,3-11H2,1-2H3. The number of likely N-dealkylation sites (tertiary alicyclic amines) is 1. The second-order valence-electron chi connectivity index (χ2n) is 6.96. The van der Waals surface area contributed by atoms with Gasteiger partial charge in [-0.05, 0) is 44.7 Å². The smallest absolute Gasteiger partial charge is 0.0569 e. The van der Waals surface area contributed by atoms with Crippen molar-refractivity contribution in [3.63, 3.8) is 0 Å². The fourth-order valence-electron chi connectivity index (χ4n) is 3.90. The molecule has 3 nitrogen and oxygen atoms in total. The Bertz CT molecular complexity index is 282. The Balaban J connectivity index is 1.47. The van der Waals surface area contributed by atoms with Gasteiger partial charge in [-0.25, -0.2) is 0 Å². The molecule has 0 aromatic rings. The van der Waals surface area contributed by atoms with Crippen molar-refractivity contribution < 1.29 is 4.74 Å². The normalized spacial score (nSPS) is 40.2. The van der Waals surface area contributed by atoms with Crippen LogP contribution in [0.1, 0.15) is 32.6 Å². The molecule has 3 fully saturated rings. The van der Waals surface area contributed by atoms with Gasteiger partial charge in [-0.15, -0.1) is 0 Å². The number of hydrogen-bond acceptors (Lipinski definition) is 3. The zero-order valence-corrected chi connectivity index (χ0v) is 11.3. The van der Waals surface area contributed by atoms with Crippen LogP contribution < -0.4 is 5.32 Å². The van der Waals surface area contributed by atoms with E-state index < -0.39 is 0 Å². The van der Waals surface area contributed by atoms with Gasteiger partial charge in [0.2, 0.25) is 0 Å². The van der Waals surface area contributed by atoms with E-state index in [9.17, 15) is 0 Å². The molecule has 0 aromatic heterocycles. The monoisotopic (exact) mass is 238 g/mol. The second-order valence-corrected chi connectivity index (χ2v) is 6.96. The summed E-state index contributed by atoms with van der Waals surface area (Å²) in [6, 6.07) is 0.864. The molecule has 0 amide bonds. The molecule has 1 aliphatic carbocycles. The maximum Gasteiger partial charge on any atom is 0.0569 e. The topological polar surface area (TPSA) is 24.5 Å². The Labute approximate surface area is 105 Å². The van der Waals surface area contributed by atoms with Crippen LogP contribution in [0.3, 0.4) is 0 Å². The summed E-state index contributed by atoms with van der Waals surface area (Å²) in [4.78, 5) is 2.72. The number of ether oxygens (including phenoxy) is 1. The Hall–Kier alpha value is -0.120. The minimum absolute atomic E-state index is 0.587. The van der Waals surface area contributed by atoms with Gasteiger partial charge in [-0.2, -0.15) is 0 Å². The first-order valence-electron chi connectivity index (χ1n) is 7.11. The van der Waals surface area contributed by atoms with Crippen molar-refractivity contribution >= 4 is 0 Å². The lowest BCUT2D eigenvalue weighted by molar-refractivity contribution is -0.198. The molecule has 3 aliphatic rings. The molecular formula is C14H26N2O. The molecule has 17 heavy (non-hydrogen) atoms. The van der Waals surface area contributed by atoms with Gasteiger partial charge in [0, 0.05) is 24.5 Å². The zero-order chi connectivity index (χ0) is 11.9. The van der Waals surface area contributed by atoms with Crippen LogP contribution in [0.4, 0.5) is 0 Å². The highest BCUT2D eigenvalue weighted by Gasteiger charge is 2.52. The quantitative estimate of drug-likeness (QED) is 0.803. The van der Waals surface area contributed by atoms with Crippen molar-refractivity contribution in [1.82, 2.24) is 10.2 Å². The van der Waals surface area contributed by atoms with Crippen molar-refractivity contribution in [2.75, 3.05) is 39.9 Å². The summed E-state index contributed by atoms with van der Waals surface area (Å²) in [5.74, 6) is 0. The van der Waals surface area contributed by atoms with Gasteiger partial charge in [0.15, 0.2) is 0 Å². The molecule has 2 saturated heterocycles. The highest BCUT2D eigenvalue weighted by atomic mass is 16.5. The fourth-order valence-corrected chi connectivity index (χ4v) is 3.90. The lowest BCUT2D eigenvalue weighted by atomic mass is 9.76. The van der Waals surface area contributed by atoms with Crippen LogP contribution >= 0.6 is 0 Å². The van der Waals surface area contributed by atoms with E-state index in [2.05, 4.69) is 24.2 Å². The van der Waals surface area contributed by atoms with Crippen LogP contribution in [-0.4, -0.2) is 50.8 Å². The third-order valence-corrected chi connectivity index (χ3v) is 5.20.